The zero-order chi connectivity index (χ0) is 35.6. The summed E-state index contributed by atoms with van der Waals surface area (Å²) in [6.07, 6.45) is 0. The van der Waals surface area contributed by atoms with Crippen LogP contribution in [0.15, 0.2) is 114 Å². The highest BCUT2D eigenvalue weighted by atomic mass is 32.2. The highest BCUT2D eigenvalue weighted by molar-refractivity contribution is 8.00. The number of anilines is 4. The number of esters is 1. The third-order valence-electron chi connectivity index (χ3n) is 7.34. The topological polar surface area (TPSA) is 126 Å². The SMILES string of the molecule is CCOC(=O)c1c(NC(=O)C(Sc2cccc(NC(=S)Nc3ccc(C(C)=O)cc3)c2)c2ccccc2)sc(C(=O)Nc2ccccc2)c1C. The van der Waals surface area contributed by atoms with Crippen LogP contribution < -0.4 is 21.3 Å². The number of benzene rings is 4. The second-order valence-electron chi connectivity index (χ2n) is 10.9. The molecule has 9 nitrogen and oxygen atoms in total. The van der Waals surface area contributed by atoms with E-state index in [0.29, 0.717) is 27.6 Å². The largest absolute Gasteiger partial charge is 0.462 e. The van der Waals surface area contributed by atoms with Crippen molar-refractivity contribution < 1.29 is 23.9 Å². The van der Waals surface area contributed by atoms with Crippen molar-refractivity contribution in [3.8, 4) is 0 Å². The number of carbonyl (C=O) groups excluding carboxylic acids is 4. The highest BCUT2D eigenvalue weighted by Crippen LogP contribution is 2.40. The maximum atomic E-state index is 14.1. The standard InChI is InChI=1S/C38H34N4O5S3/c1-4-47-37(46)31-23(2)32(34(44)39-27-14-9-6-10-15-27)50-36(31)42-35(45)33(26-12-7-5-8-13-26)49-30-17-11-16-29(22-30)41-38(48)40-28-20-18-25(19-21-28)24(3)43/h5-22,33H,4H2,1-3H3,(H,39,44)(H,42,45)(H2,40,41,48). The fourth-order valence-electron chi connectivity index (χ4n) is 4.92. The number of thiocarbonyl (C=S) groups is 1. The van der Waals surface area contributed by atoms with Crippen molar-refractivity contribution >= 4 is 86.1 Å². The number of thioether (sulfide) groups is 1. The molecule has 1 unspecified atom stereocenters. The molecule has 0 fully saturated rings. The third-order valence-corrected chi connectivity index (χ3v) is 9.99. The Kier molecular flexibility index (Phi) is 12.2. The fourth-order valence-corrected chi connectivity index (χ4v) is 7.33. The lowest BCUT2D eigenvalue weighted by Gasteiger charge is -2.18. The molecule has 0 saturated heterocycles. The number of carbonyl (C=O) groups is 4. The quantitative estimate of drug-likeness (QED) is 0.0432. The van der Waals surface area contributed by atoms with Crippen molar-refractivity contribution in [1.29, 1.82) is 0 Å². The fraction of sp³-hybridized carbons (Fsp3) is 0.132. The summed E-state index contributed by atoms with van der Waals surface area (Å²) in [5.74, 6) is -1.43. The average Bonchev–Trinajstić information content (AvgIpc) is 3.43. The molecule has 0 saturated carbocycles. The summed E-state index contributed by atoms with van der Waals surface area (Å²) >= 11 is 7.87. The molecule has 12 heteroatoms. The molecular formula is C38H34N4O5S3. The summed E-state index contributed by atoms with van der Waals surface area (Å²) in [7, 11) is 0. The van der Waals surface area contributed by atoms with Gasteiger partial charge in [-0.25, -0.2) is 4.79 Å². The molecule has 5 rings (SSSR count). The lowest BCUT2D eigenvalue weighted by molar-refractivity contribution is -0.115. The Bertz CT molecular complexity index is 2020. The van der Waals surface area contributed by atoms with E-state index in [1.54, 1.807) is 50.2 Å². The first-order valence-corrected chi connectivity index (χ1v) is 17.7. The van der Waals surface area contributed by atoms with Gasteiger partial charge in [0.25, 0.3) is 5.91 Å². The van der Waals surface area contributed by atoms with Crippen LogP contribution in [0, 0.1) is 6.92 Å². The van der Waals surface area contributed by atoms with E-state index in [-0.39, 0.29) is 33.7 Å². The molecule has 1 heterocycles. The van der Waals surface area contributed by atoms with Gasteiger partial charge in [0.05, 0.1) is 17.0 Å². The van der Waals surface area contributed by atoms with Crippen LogP contribution in [0.4, 0.5) is 22.1 Å². The van der Waals surface area contributed by atoms with Gasteiger partial charge < -0.3 is 26.0 Å². The predicted octanol–water partition coefficient (Wildman–Crippen LogP) is 8.97. The summed E-state index contributed by atoms with van der Waals surface area (Å²) in [5.41, 5.74) is 3.94. The number of hydrogen-bond acceptors (Lipinski definition) is 8. The summed E-state index contributed by atoms with van der Waals surface area (Å²) < 4.78 is 5.32. The maximum Gasteiger partial charge on any atom is 0.341 e. The van der Waals surface area contributed by atoms with Gasteiger partial charge in [-0.1, -0.05) is 54.6 Å². The van der Waals surface area contributed by atoms with Gasteiger partial charge in [0.1, 0.15) is 10.3 Å². The van der Waals surface area contributed by atoms with Crippen molar-refractivity contribution in [2.45, 2.75) is 30.9 Å². The van der Waals surface area contributed by atoms with E-state index >= 15 is 0 Å². The van der Waals surface area contributed by atoms with Gasteiger partial charge in [-0.3, -0.25) is 14.4 Å². The van der Waals surface area contributed by atoms with Crippen molar-refractivity contribution in [2.75, 3.05) is 27.9 Å². The Balaban J connectivity index is 1.37. The summed E-state index contributed by atoms with van der Waals surface area (Å²) in [6.45, 7) is 5.01. The average molecular weight is 723 g/mol. The molecule has 4 N–H and O–H groups in total. The number of nitrogens with one attached hydrogen (secondary N) is 4. The Labute approximate surface area is 303 Å². The third kappa shape index (κ3) is 9.23. The van der Waals surface area contributed by atoms with E-state index in [2.05, 4.69) is 21.3 Å². The summed E-state index contributed by atoms with van der Waals surface area (Å²) in [4.78, 5) is 53.2. The first kappa shape index (κ1) is 36.0. The number of para-hydroxylation sites is 1. The predicted molar refractivity (Wildman–Crippen MR) is 206 cm³/mol. The normalized spacial score (nSPS) is 11.2. The number of rotatable bonds is 12. The molecule has 2 amide bonds. The Morgan fingerprint density at radius 1 is 0.780 bits per heavy atom. The molecule has 5 aromatic rings. The number of ether oxygens (including phenoxy) is 1. The van der Waals surface area contributed by atoms with Gasteiger partial charge in [-0.2, -0.15) is 0 Å². The van der Waals surface area contributed by atoms with E-state index in [0.717, 1.165) is 27.5 Å². The molecule has 1 atom stereocenters. The van der Waals surface area contributed by atoms with Crippen LogP contribution >= 0.6 is 35.3 Å². The maximum absolute atomic E-state index is 14.1. The first-order chi connectivity index (χ1) is 24.1. The smallest absolute Gasteiger partial charge is 0.341 e. The second-order valence-corrected chi connectivity index (χ2v) is 13.5. The molecule has 0 bridgehead atoms. The van der Waals surface area contributed by atoms with Crippen LogP contribution in [0.1, 0.15) is 60.6 Å². The monoisotopic (exact) mass is 722 g/mol. The van der Waals surface area contributed by atoms with Crippen LogP contribution in [0.2, 0.25) is 0 Å². The van der Waals surface area contributed by atoms with Crippen LogP contribution in [0.5, 0.6) is 0 Å². The zero-order valence-electron chi connectivity index (χ0n) is 27.4. The van der Waals surface area contributed by atoms with E-state index in [1.165, 1.54) is 18.7 Å². The van der Waals surface area contributed by atoms with Gasteiger partial charge in [0.15, 0.2) is 10.9 Å². The van der Waals surface area contributed by atoms with Crippen molar-refractivity contribution in [3.63, 3.8) is 0 Å². The molecule has 50 heavy (non-hydrogen) atoms. The van der Waals surface area contributed by atoms with Crippen LogP contribution in [-0.4, -0.2) is 35.3 Å². The number of ketones is 1. The van der Waals surface area contributed by atoms with E-state index in [1.807, 2.05) is 72.8 Å². The van der Waals surface area contributed by atoms with Gasteiger partial charge in [0, 0.05) is 27.5 Å². The molecule has 0 aliphatic heterocycles. The molecule has 4 aromatic carbocycles. The van der Waals surface area contributed by atoms with E-state index in [4.69, 9.17) is 17.0 Å². The Hall–Kier alpha value is -5.30. The zero-order valence-corrected chi connectivity index (χ0v) is 29.9. The van der Waals surface area contributed by atoms with Gasteiger partial charge in [0.2, 0.25) is 5.91 Å². The van der Waals surface area contributed by atoms with Crippen molar-refractivity contribution in [1.82, 2.24) is 0 Å². The minimum atomic E-state index is -0.727. The first-order valence-electron chi connectivity index (χ1n) is 15.6. The second kappa shape index (κ2) is 16.9. The van der Waals surface area contributed by atoms with E-state index < -0.39 is 17.1 Å². The van der Waals surface area contributed by atoms with Gasteiger partial charge >= 0.3 is 5.97 Å². The lowest BCUT2D eigenvalue weighted by atomic mass is 10.1. The number of hydrogen-bond donors (Lipinski definition) is 4. The Morgan fingerprint density at radius 2 is 1.40 bits per heavy atom. The van der Waals surface area contributed by atoms with Gasteiger partial charge in [-0.15, -0.1) is 23.1 Å². The number of amides is 2. The molecule has 1 aromatic heterocycles. The summed E-state index contributed by atoms with van der Waals surface area (Å²) in [6, 6.07) is 32.8. The highest BCUT2D eigenvalue weighted by Gasteiger charge is 2.30. The molecule has 0 spiro atoms. The molecule has 0 aliphatic carbocycles. The molecule has 0 radical (unpaired) electrons. The van der Waals surface area contributed by atoms with Crippen molar-refractivity contribution in [3.05, 3.63) is 136 Å². The minimum Gasteiger partial charge on any atom is -0.462 e. The minimum absolute atomic E-state index is 0.0185. The van der Waals surface area contributed by atoms with Crippen molar-refractivity contribution in [2.24, 2.45) is 0 Å². The van der Waals surface area contributed by atoms with Crippen LogP contribution in [-0.2, 0) is 9.53 Å². The number of Topliss-reactive ketones (excluding diaryl/α,β-unsaturated/α-hetero) is 1. The number of thiophene rings is 1. The molecule has 0 aliphatic rings. The molecular weight excluding hydrogens is 689 g/mol. The van der Waals surface area contributed by atoms with Crippen LogP contribution in [0.3, 0.4) is 0 Å². The summed E-state index contributed by atoms with van der Waals surface area (Å²) in [5, 5.41) is 11.9. The lowest BCUT2D eigenvalue weighted by Crippen LogP contribution is -2.20. The Morgan fingerprint density at radius 3 is 2.06 bits per heavy atom. The van der Waals surface area contributed by atoms with Gasteiger partial charge in [-0.05, 0) is 98.7 Å². The molecule has 254 valence electrons. The van der Waals surface area contributed by atoms with E-state index in [9.17, 15) is 19.2 Å². The van der Waals surface area contributed by atoms with Crippen LogP contribution in [0.25, 0.3) is 0 Å².